The fraction of sp³-hybridized carbons (Fsp3) is 0.600. The molecule has 2 saturated heterocycles. The number of Topliss-reactive ketones (excluding diaryl/α,β-unsaturated/α-hetero) is 1. The average molecular weight is 244 g/mol. The number of pyridine rings is 1. The molecule has 3 rings (SSSR count). The Morgan fingerprint density at radius 2 is 2.06 bits per heavy atom. The zero-order valence-electron chi connectivity index (χ0n) is 10.9. The lowest BCUT2D eigenvalue weighted by atomic mass is 9.78. The molecule has 3 heteroatoms. The van der Waals surface area contributed by atoms with Gasteiger partial charge in [0.1, 0.15) is 5.69 Å². The van der Waals surface area contributed by atoms with Crippen LogP contribution in [0.3, 0.4) is 0 Å². The highest BCUT2D eigenvalue weighted by Crippen LogP contribution is 2.31. The van der Waals surface area contributed by atoms with Crippen molar-refractivity contribution in [1.29, 1.82) is 0 Å². The quantitative estimate of drug-likeness (QED) is 0.813. The number of rotatable bonds is 2. The number of carbonyl (C=O) groups is 1. The van der Waals surface area contributed by atoms with E-state index in [9.17, 15) is 4.79 Å². The topological polar surface area (TPSA) is 42.0 Å². The van der Waals surface area contributed by atoms with E-state index in [0.717, 1.165) is 18.4 Å². The van der Waals surface area contributed by atoms with E-state index in [2.05, 4.69) is 10.3 Å². The SMILES string of the molecule is Cc1ccnc(C(=O)C2CC3CCCC(C2)N3)c1. The largest absolute Gasteiger partial charge is 0.311 e. The van der Waals surface area contributed by atoms with E-state index in [4.69, 9.17) is 0 Å². The van der Waals surface area contributed by atoms with Crippen molar-refractivity contribution < 1.29 is 4.79 Å². The van der Waals surface area contributed by atoms with Crippen molar-refractivity contribution in [1.82, 2.24) is 10.3 Å². The van der Waals surface area contributed by atoms with Crippen LogP contribution in [0.4, 0.5) is 0 Å². The van der Waals surface area contributed by atoms with Gasteiger partial charge < -0.3 is 5.32 Å². The molecule has 1 aromatic rings. The molecule has 0 aromatic carbocycles. The van der Waals surface area contributed by atoms with Gasteiger partial charge in [0.2, 0.25) is 0 Å². The molecule has 18 heavy (non-hydrogen) atoms. The van der Waals surface area contributed by atoms with Crippen molar-refractivity contribution in [2.45, 2.75) is 51.1 Å². The number of hydrogen-bond acceptors (Lipinski definition) is 3. The molecule has 96 valence electrons. The molecule has 2 bridgehead atoms. The predicted molar refractivity (Wildman–Crippen MR) is 70.6 cm³/mol. The van der Waals surface area contributed by atoms with Crippen LogP contribution in [0, 0.1) is 12.8 Å². The summed E-state index contributed by atoms with van der Waals surface area (Å²) in [5.41, 5.74) is 1.77. The molecule has 0 saturated carbocycles. The molecule has 3 heterocycles. The monoisotopic (exact) mass is 244 g/mol. The Labute approximate surface area is 108 Å². The van der Waals surface area contributed by atoms with Crippen LogP contribution in [0.15, 0.2) is 18.3 Å². The van der Waals surface area contributed by atoms with Gasteiger partial charge in [-0.2, -0.15) is 0 Å². The highest BCUT2D eigenvalue weighted by molar-refractivity contribution is 5.96. The normalized spacial score (nSPS) is 31.1. The number of fused-ring (bicyclic) bond motifs is 2. The Kier molecular flexibility index (Phi) is 3.16. The van der Waals surface area contributed by atoms with Crippen LogP contribution in [0.2, 0.25) is 0 Å². The molecular weight excluding hydrogens is 224 g/mol. The molecule has 0 radical (unpaired) electrons. The zero-order chi connectivity index (χ0) is 12.5. The van der Waals surface area contributed by atoms with Crippen LogP contribution in [0.5, 0.6) is 0 Å². The van der Waals surface area contributed by atoms with Gasteiger partial charge in [-0.1, -0.05) is 6.42 Å². The third-order valence-electron chi connectivity index (χ3n) is 4.25. The fourth-order valence-electron chi connectivity index (χ4n) is 3.36. The van der Waals surface area contributed by atoms with Crippen molar-refractivity contribution in [3.8, 4) is 0 Å². The van der Waals surface area contributed by atoms with Gasteiger partial charge in [-0.25, -0.2) is 0 Å². The Morgan fingerprint density at radius 1 is 1.33 bits per heavy atom. The molecule has 2 fully saturated rings. The lowest BCUT2D eigenvalue weighted by Gasteiger charge is -2.39. The number of nitrogens with zero attached hydrogens (tertiary/aromatic N) is 1. The second kappa shape index (κ2) is 4.81. The van der Waals surface area contributed by atoms with Crippen LogP contribution in [-0.4, -0.2) is 22.9 Å². The Balaban J connectivity index is 1.76. The van der Waals surface area contributed by atoms with Gasteiger partial charge in [-0.15, -0.1) is 0 Å². The van der Waals surface area contributed by atoms with E-state index in [1.165, 1.54) is 19.3 Å². The summed E-state index contributed by atoms with van der Waals surface area (Å²) in [6, 6.07) is 4.96. The van der Waals surface area contributed by atoms with E-state index in [1.54, 1.807) is 6.20 Å². The van der Waals surface area contributed by atoms with Gasteiger partial charge >= 0.3 is 0 Å². The summed E-state index contributed by atoms with van der Waals surface area (Å²) in [7, 11) is 0. The summed E-state index contributed by atoms with van der Waals surface area (Å²) in [5, 5.41) is 3.63. The van der Waals surface area contributed by atoms with Crippen LogP contribution >= 0.6 is 0 Å². The van der Waals surface area contributed by atoms with Gasteiger partial charge in [-0.05, 0) is 50.3 Å². The Hall–Kier alpha value is -1.22. The number of hydrogen-bond donors (Lipinski definition) is 1. The Bertz CT molecular complexity index is 446. The third kappa shape index (κ3) is 2.32. The van der Waals surface area contributed by atoms with Gasteiger partial charge in [0.05, 0.1) is 0 Å². The number of nitrogens with one attached hydrogen (secondary N) is 1. The summed E-state index contributed by atoms with van der Waals surface area (Å²) < 4.78 is 0. The second-order valence-corrected chi connectivity index (χ2v) is 5.74. The van der Waals surface area contributed by atoms with Crippen LogP contribution in [0.1, 0.15) is 48.2 Å². The summed E-state index contributed by atoms with van der Waals surface area (Å²) in [5.74, 6) is 0.424. The minimum absolute atomic E-state index is 0.177. The van der Waals surface area contributed by atoms with Crippen LogP contribution < -0.4 is 5.32 Å². The average Bonchev–Trinajstić information content (AvgIpc) is 2.37. The number of piperidine rings is 2. The van der Waals surface area contributed by atoms with E-state index < -0.39 is 0 Å². The van der Waals surface area contributed by atoms with E-state index in [0.29, 0.717) is 17.8 Å². The molecule has 2 atom stereocenters. The molecule has 2 aliphatic rings. The molecule has 2 aliphatic heterocycles. The smallest absolute Gasteiger partial charge is 0.184 e. The van der Waals surface area contributed by atoms with Crippen molar-refractivity contribution in [2.24, 2.45) is 5.92 Å². The van der Waals surface area contributed by atoms with Gasteiger partial charge in [0, 0.05) is 24.2 Å². The summed E-state index contributed by atoms with van der Waals surface area (Å²) in [4.78, 5) is 16.7. The molecule has 1 N–H and O–H groups in total. The first-order valence-corrected chi connectivity index (χ1v) is 6.95. The summed E-state index contributed by atoms with van der Waals surface area (Å²) >= 11 is 0. The van der Waals surface area contributed by atoms with E-state index >= 15 is 0 Å². The zero-order valence-corrected chi connectivity index (χ0v) is 10.9. The minimum Gasteiger partial charge on any atom is -0.311 e. The maximum Gasteiger partial charge on any atom is 0.184 e. The second-order valence-electron chi connectivity index (χ2n) is 5.74. The fourth-order valence-corrected chi connectivity index (χ4v) is 3.36. The third-order valence-corrected chi connectivity index (χ3v) is 4.25. The maximum atomic E-state index is 12.5. The maximum absolute atomic E-state index is 12.5. The first-order chi connectivity index (χ1) is 8.72. The van der Waals surface area contributed by atoms with E-state index in [1.807, 2.05) is 19.1 Å². The molecule has 0 aliphatic carbocycles. The number of aromatic nitrogens is 1. The standard InChI is InChI=1S/C15H20N2O/c1-10-5-6-16-14(7-10)15(18)11-8-12-3-2-4-13(9-11)17-12/h5-7,11-13,17H,2-4,8-9H2,1H3. The van der Waals surface area contributed by atoms with Crippen molar-refractivity contribution in [3.05, 3.63) is 29.6 Å². The van der Waals surface area contributed by atoms with Gasteiger partial charge in [0.25, 0.3) is 0 Å². The molecule has 0 amide bonds. The molecule has 2 unspecified atom stereocenters. The highest BCUT2D eigenvalue weighted by atomic mass is 16.1. The number of ketones is 1. The molecule has 3 nitrogen and oxygen atoms in total. The highest BCUT2D eigenvalue weighted by Gasteiger charge is 2.35. The molecular formula is C15H20N2O. The van der Waals surface area contributed by atoms with Gasteiger partial charge in [0.15, 0.2) is 5.78 Å². The van der Waals surface area contributed by atoms with Crippen molar-refractivity contribution in [2.75, 3.05) is 0 Å². The van der Waals surface area contributed by atoms with E-state index in [-0.39, 0.29) is 11.7 Å². The predicted octanol–water partition coefficient (Wildman–Crippen LogP) is 2.49. The lowest BCUT2D eigenvalue weighted by molar-refractivity contribution is 0.0820. The first kappa shape index (κ1) is 11.8. The number of aryl methyl sites for hydroxylation is 1. The van der Waals surface area contributed by atoms with Crippen molar-refractivity contribution in [3.63, 3.8) is 0 Å². The minimum atomic E-state index is 0.177. The van der Waals surface area contributed by atoms with Crippen molar-refractivity contribution >= 4 is 5.78 Å². The Morgan fingerprint density at radius 3 is 2.72 bits per heavy atom. The lowest BCUT2D eigenvalue weighted by Crippen LogP contribution is -2.50. The first-order valence-electron chi connectivity index (χ1n) is 6.95. The van der Waals surface area contributed by atoms with Crippen LogP contribution in [-0.2, 0) is 0 Å². The summed E-state index contributed by atoms with van der Waals surface area (Å²) in [6.07, 6.45) is 7.48. The van der Waals surface area contributed by atoms with Crippen LogP contribution in [0.25, 0.3) is 0 Å². The molecule has 0 spiro atoms. The molecule has 1 aromatic heterocycles. The summed E-state index contributed by atoms with van der Waals surface area (Å²) in [6.45, 7) is 2.01. The van der Waals surface area contributed by atoms with Gasteiger partial charge in [-0.3, -0.25) is 9.78 Å². The number of carbonyl (C=O) groups excluding carboxylic acids is 1.